The summed E-state index contributed by atoms with van der Waals surface area (Å²) < 4.78 is 5.37. The predicted octanol–water partition coefficient (Wildman–Crippen LogP) is 3.86. The number of ether oxygens (including phenoxy) is 1. The molecule has 0 saturated carbocycles. The van der Waals surface area contributed by atoms with Crippen LogP contribution in [0, 0.1) is 16.0 Å². The van der Waals surface area contributed by atoms with Gasteiger partial charge in [0.25, 0.3) is 5.69 Å². The molecule has 1 heterocycles. The third kappa shape index (κ3) is 2.93. The molecule has 144 valence electrons. The van der Waals surface area contributed by atoms with Gasteiger partial charge in [0.1, 0.15) is 5.75 Å². The molecule has 0 saturated heterocycles. The van der Waals surface area contributed by atoms with Crippen LogP contribution in [0.3, 0.4) is 0 Å². The largest absolute Gasteiger partial charge is 0.497 e. The lowest BCUT2D eigenvalue weighted by Crippen LogP contribution is -2.31. The van der Waals surface area contributed by atoms with Crippen LogP contribution in [0.2, 0.25) is 0 Å². The first-order chi connectivity index (χ1) is 13.5. The average molecular weight is 379 g/mol. The first kappa shape index (κ1) is 18.2. The maximum absolute atomic E-state index is 12.7. The minimum atomic E-state index is -0.409. The topological polar surface area (TPSA) is 85.0 Å². The number of nitro benzene ring substituents is 1. The van der Waals surface area contributed by atoms with Crippen molar-refractivity contribution in [3.05, 3.63) is 69.3 Å². The smallest absolute Gasteiger partial charge is 0.269 e. The van der Waals surface area contributed by atoms with Gasteiger partial charge in [0.05, 0.1) is 23.8 Å². The van der Waals surface area contributed by atoms with Gasteiger partial charge in [-0.3, -0.25) is 14.9 Å². The van der Waals surface area contributed by atoms with Crippen LogP contribution in [0.5, 0.6) is 5.75 Å². The molecule has 0 unspecified atom stereocenters. The number of carbonyl (C=O) groups is 1. The van der Waals surface area contributed by atoms with E-state index < -0.39 is 4.92 Å². The Labute approximate surface area is 162 Å². The Balaban J connectivity index is 1.81. The van der Waals surface area contributed by atoms with Crippen LogP contribution in [0.1, 0.15) is 42.5 Å². The van der Waals surface area contributed by atoms with E-state index in [0.29, 0.717) is 6.42 Å². The molecule has 0 fully saturated rings. The molecule has 0 N–H and O–H groups in total. The van der Waals surface area contributed by atoms with Crippen molar-refractivity contribution in [1.82, 2.24) is 5.01 Å². The van der Waals surface area contributed by atoms with Gasteiger partial charge in [-0.15, -0.1) is 0 Å². The minimum Gasteiger partial charge on any atom is -0.497 e. The maximum Gasteiger partial charge on any atom is 0.269 e. The van der Waals surface area contributed by atoms with E-state index in [1.807, 2.05) is 24.3 Å². The molecule has 2 aromatic rings. The Hall–Kier alpha value is -3.22. The van der Waals surface area contributed by atoms with Crippen molar-refractivity contribution >= 4 is 17.3 Å². The highest BCUT2D eigenvalue weighted by molar-refractivity contribution is 6.07. The molecular weight excluding hydrogens is 358 g/mol. The summed E-state index contributed by atoms with van der Waals surface area (Å²) in [5.41, 5.74) is 3.80. The van der Waals surface area contributed by atoms with E-state index in [1.54, 1.807) is 26.2 Å². The zero-order valence-electron chi connectivity index (χ0n) is 15.8. The molecule has 0 radical (unpaired) electrons. The van der Waals surface area contributed by atoms with Crippen molar-refractivity contribution in [2.24, 2.45) is 11.0 Å². The third-order valence-corrected chi connectivity index (χ3v) is 5.51. The number of hydrogen-bond acceptors (Lipinski definition) is 5. The number of rotatable bonds is 4. The monoisotopic (exact) mass is 379 g/mol. The van der Waals surface area contributed by atoms with Crippen LogP contribution in [-0.4, -0.2) is 28.7 Å². The van der Waals surface area contributed by atoms with E-state index in [4.69, 9.17) is 9.84 Å². The van der Waals surface area contributed by atoms with Crippen molar-refractivity contribution in [1.29, 1.82) is 0 Å². The van der Waals surface area contributed by atoms with Gasteiger partial charge in [-0.05, 0) is 36.1 Å². The van der Waals surface area contributed by atoms with Crippen LogP contribution in [-0.2, 0) is 11.2 Å². The van der Waals surface area contributed by atoms with Crippen LogP contribution in [0.25, 0.3) is 0 Å². The Morgan fingerprint density at radius 1 is 1.32 bits per heavy atom. The van der Waals surface area contributed by atoms with Crippen molar-refractivity contribution in [2.45, 2.75) is 32.2 Å². The van der Waals surface area contributed by atoms with E-state index in [1.165, 1.54) is 16.6 Å². The number of hydrazone groups is 1. The lowest BCUT2D eigenvalue weighted by atomic mass is 9.77. The van der Waals surface area contributed by atoms with E-state index >= 15 is 0 Å². The summed E-state index contributed by atoms with van der Waals surface area (Å²) in [5, 5.41) is 17.5. The number of hydrogen-bond donors (Lipinski definition) is 0. The van der Waals surface area contributed by atoms with Crippen LogP contribution < -0.4 is 4.74 Å². The normalized spacial score (nSPS) is 20.2. The second kappa shape index (κ2) is 7.07. The molecule has 0 spiro atoms. The Bertz CT molecular complexity index is 985. The Kier molecular flexibility index (Phi) is 4.58. The second-order valence-corrected chi connectivity index (χ2v) is 7.04. The highest BCUT2D eigenvalue weighted by Crippen LogP contribution is 2.44. The number of nitrogens with zero attached hydrogens (tertiary/aromatic N) is 3. The van der Waals surface area contributed by atoms with Gasteiger partial charge in [-0.1, -0.05) is 25.1 Å². The molecule has 0 aromatic heterocycles. The number of nitro groups is 1. The Morgan fingerprint density at radius 3 is 2.86 bits per heavy atom. The molecular formula is C21H21N3O4. The van der Waals surface area contributed by atoms with Gasteiger partial charge in [0, 0.05) is 30.0 Å². The van der Waals surface area contributed by atoms with Gasteiger partial charge in [-0.2, -0.15) is 5.10 Å². The van der Waals surface area contributed by atoms with E-state index in [9.17, 15) is 14.9 Å². The molecule has 2 aromatic carbocycles. The van der Waals surface area contributed by atoms with Crippen LogP contribution >= 0.6 is 0 Å². The molecule has 1 amide bonds. The zero-order valence-corrected chi connectivity index (χ0v) is 15.8. The molecule has 2 atom stereocenters. The highest BCUT2D eigenvalue weighted by atomic mass is 16.6. The first-order valence-electron chi connectivity index (χ1n) is 9.35. The summed E-state index contributed by atoms with van der Waals surface area (Å²) >= 11 is 0. The van der Waals surface area contributed by atoms with Gasteiger partial charge in [-0.25, -0.2) is 5.01 Å². The van der Waals surface area contributed by atoms with Crippen LogP contribution in [0.4, 0.5) is 5.69 Å². The second-order valence-electron chi connectivity index (χ2n) is 7.04. The van der Waals surface area contributed by atoms with Gasteiger partial charge < -0.3 is 4.74 Å². The fourth-order valence-corrected chi connectivity index (χ4v) is 4.14. The highest BCUT2D eigenvalue weighted by Gasteiger charge is 2.43. The number of aryl methyl sites for hydroxylation is 1. The number of amides is 1. The quantitative estimate of drug-likeness (QED) is 0.596. The van der Waals surface area contributed by atoms with Gasteiger partial charge >= 0.3 is 0 Å². The Morgan fingerprint density at radius 2 is 2.14 bits per heavy atom. The molecule has 7 heteroatoms. The lowest BCUT2D eigenvalue weighted by Gasteiger charge is -2.29. The minimum absolute atomic E-state index is 0.00268. The number of non-ortho nitro benzene ring substituents is 1. The fraction of sp³-hybridized carbons (Fsp3) is 0.333. The van der Waals surface area contributed by atoms with Crippen molar-refractivity contribution in [2.75, 3.05) is 7.11 Å². The standard InChI is InChI=1S/C21H21N3O4/c1-3-19(25)23-21(14-5-4-6-15(11-14)24(26)27)17-10-8-13-7-9-16(28-2)12-18(13)20(17)22-23/h4-7,9,11-12,17,21H,3,8,10H2,1-2H3/t17-,21-/m0/s1. The summed E-state index contributed by atoms with van der Waals surface area (Å²) in [6.45, 7) is 1.80. The SMILES string of the molecule is CCC(=O)N1N=C2c3cc(OC)ccc3CC[C@@H]2[C@@H]1c1cccc([N+](=O)[O-])c1. The van der Waals surface area contributed by atoms with Crippen molar-refractivity contribution in [3.63, 3.8) is 0 Å². The molecule has 1 aliphatic heterocycles. The third-order valence-electron chi connectivity index (χ3n) is 5.51. The number of carbonyl (C=O) groups excluding carboxylic acids is 1. The average Bonchev–Trinajstić information content (AvgIpc) is 3.12. The summed E-state index contributed by atoms with van der Waals surface area (Å²) in [5.74, 6) is 0.647. The summed E-state index contributed by atoms with van der Waals surface area (Å²) in [7, 11) is 1.62. The molecule has 28 heavy (non-hydrogen) atoms. The van der Waals surface area contributed by atoms with Crippen molar-refractivity contribution < 1.29 is 14.5 Å². The fourth-order valence-electron chi connectivity index (χ4n) is 4.14. The number of fused-ring (bicyclic) bond motifs is 3. The molecule has 7 nitrogen and oxygen atoms in total. The van der Waals surface area contributed by atoms with Crippen molar-refractivity contribution in [3.8, 4) is 5.75 Å². The summed E-state index contributed by atoms with van der Waals surface area (Å²) in [6, 6.07) is 12.1. The zero-order chi connectivity index (χ0) is 19.8. The first-order valence-corrected chi connectivity index (χ1v) is 9.35. The summed E-state index contributed by atoms with van der Waals surface area (Å²) in [6.07, 6.45) is 2.02. The molecule has 2 aliphatic rings. The molecule has 0 bridgehead atoms. The van der Waals surface area contributed by atoms with Gasteiger partial charge in [0.15, 0.2) is 0 Å². The number of benzene rings is 2. The van der Waals surface area contributed by atoms with Gasteiger partial charge in [0.2, 0.25) is 5.91 Å². The predicted molar refractivity (Wildman–Crippen MR) is 104 cm³/mol. The van der Waals surface area contributed by atoms with E-state index in [0.717, 1.165) is 35.4 Å². The number of methoxy groups -OCH3 is 1. The van der Waals surface area contributed by atoms with Crippen LogP contribution in [0.15, 0.2) is 47.6 Å². The molecule has 1 aliphatic carbocycles. The maximum atomic E-state index is 12.7. The summed E-state index contributed by atoms with van der Waals surface area (Å²) in [4.78, 5) is 23.5. The molecule has 4 rings (SSSR count). The van der Waals surface area contributed by atoms with E-state index in [2.05, 4.69) is 0 Å². The lowest BCUT2D eigenvalue weighted by molar-refractivity contribution is -0.385. The van der Waals surface area contributed by atoms with E-state index in [-0.39, 0.29) is 23.6 Å².